The van der Waals surface area contributed by atoms with Gasteiger partial charge in [0, 0.05) is 5.54 Å². The first-order valence-electron chi connectivity index (χ1n) is 10.6. The highest BCUT2D eigenvalue weighted by atomic mass is 16.2. The first-order valence-corrected chi connectivity index (χ1v) is 10.6. The van der Waals surface area contributed by atoms with E-state index in [0.29, 0.717) is 12.3 Å². The van der Waals surface area contributed by atoms with Gasteiger partial charge in [0.1, 0.15) is 12.1 Å². The minimum Gasteiger partial charge on any atom is -0.349 e. The van der Waals surface area contributed by atoms with Gasteiger partial charge in [-0.25, -0.2) is 4.79 Å². The quantitative estimate of drug-likeness (QED) is 0.701. The van der Waals surface area contributed by atoms with Crippen molar-refractivity contribution in [2.45, 2.75) is 83.2 Å². The van der Waals surface area contributed by atoms with E-state index in [0.717, 1.165) is 48.3 Å². The Morgan fingerprint density at radius 1 is 1.15 bits per heavy atom. The van der Waals surface area contributed by atoms with Crippen LogP contribution in [0.4, 0.5) is 4.79 Å². The topological polar surface area (TPSA) is 78.5 Å². The molecule has 1 heterocycles. The lowest BCUT2D eigenvalue weighted by Gasteiger charge is -2.56. The highest BCUT2D eigenvalue weighted by molar-refractivity contribution is 6.08. The van der Waals surface area contributed by atoms with Crippen molar-refractivity contribution in [1.29, 1.82) is 0 Å². The number of urea groups is 1. The lowest BCUT2D eigenvalue weighted by Crippen LogP contribution is -2.61. The van der Waals surface area contributed by atoms with Gasteiger partial charge in [-0.15, -0.1) is 0 Å². The molecule has 150 valence electrons. The number of carbonyl (C=O) groups excluding carboxylic acids is 3. The van der Waals surface area contributed by atoms with Crippen molar-refractivity contribution < 1.29 is 14.4 Å². The molecule has 27 heavy (non-hydrogen) atoms. The Hall–Kier alpha value is -1.59. The minimum atomic E-state index is -0.887. The third-order valence-electron chi connectivity index (χ3n) is 7.31. The van der Waals surface area contributed by atoms with Crippen molar-refractivity contribution in [2.75, 3.05) is 6.54 Å². The second kappa shape index (κ2) is 6.49. The number of amides is 4. The van der Waals surface area contributed by atoms with Gasteiger partial charge in [0.15, 0.2) is 0 Å². The number of carbonyl (C=O) groups is 3. The number of hydrogen-bond acceptors (Lipinski definition) is 3. The summed E-state index contributed by atoms with van der Waals surface area (Å²) in [5, 5.41) is 6.07. The molecule has 2 N–H and O–H groups in total. The van der Waals surface area contributed by atoms with Crippen LogP contribution in [0.5, 0.6) is 0 Å². The van der Waals surface area contributed by atoms with Crippen LogP contribution < -0.4 is 10.6 Å². The highest BCUT2D eigenvalue weighted by Gasteiger charge is 2.52. The van der Waals surface area contributed by atoms with Crippen molar-refractivity contribution >= 4 is 17.8 Å². The van der Waals surface area contributed by atoms with Gasteiger partial charge in [-0.05, 0) is 82.0 Å². The predicted octanol–water partition coefficient (Wildman–Crippen LogP) is 2.82. The van der Waals surface area contributed by atoms with E-state index in [2.05, 4.69) is 24.5 Å². The maximum absolute atomic E-state index is 12.8. The smallest absolute Gasteiger partial charge is 0.325 e. The molecule has 0 spiro atoms. The second-order valence-corrected chi connectivity index (χ2v) is 10.3. The van der Waals surface area contributed by atoms with Gasteiger partial charge < -0.3 is 10.6 Å². The van der Waals surface area contributed by atoms with Gasteiger partial charge in [-0.1, -0.05) is 13.8 Å². The molecule has 4 saturated carbocycles. The lowest BCUT2D eigenvalue weighted by molar-refractivity contribution is -0.136. The Labute approximate surface area is 161 Å². The normalized spacial score (nSPS) is 40.0. The van der Waals surface area contributed by atoms with E-state index in [1.165, 1.54) is 19.3 Å². The number of imide groups is 1. The van der Waals surface area contributed by atoms with Crippen molar-refractivity contribution in [3.63, 3.8) is 0 Å². The Balaban J connectivity index is 1.38. The zero-order valence-electron chi connectivity index (χ0n) is 16.8. The van der Waals surface area contributed by atoms with Crippen LogP contribution in [-0.4, -0.2) is 40.4 Å². The number of hydrogen-bond donors (Lipinski definition) is 2. The van der Waals surface area contributed by atoms with Gasteiger partial charge >= 0.3 is 6.03 Å². The molecular weight excluding hydrogens is 342 g/mol. The molecule has 4 amide bonds. The predicted molar refractivity (Wildman–Crippen MR) is 102 cm³/mol. The Morgan fingerprint density at radius 3 is 2.22 bits per heavy atom. The summed E-state index contributed by atoms with van der Waals surface area (Å²) in [4.78, 5) is 39.0. The molecule has 5 rings (SSSR count). The van der Waals surface area contributed by atoms with Crippen LogP contribution in [0.15, 0.2) is 0 Å². The molecule has 4 bridgehead atoms. The molecule has 5 aliphatic rings. The van der Waals surface area contributed by atoms with Crippen LogP contribution in [0, 0.1) is 23.7 Å². The molecule has 0 aromatic heterocycles. The van der Waals surface area contributed by atoms with E-state index in [-0.39, 0.29) is 23.9 Å². The van der Waals surface area contributed by atoms with Gasteiger partial charge in [-0.2, -0.15) is 0 Å². The SMILES string of the molecule is CC(C)CCC1(C)NC(=O)N(CC(=O)NC23CC4CC(CC(C4)C2)C3)C1=O. The number of nitrogens with zero attached hydrogens (tertiary/aromatic N) is 1. The molecule has 6 nitrogen and oxygen atoms in total. The second-order valence-electron chi connectivity index (χ2n) is 10.3. The summed E-state index contributed by atoms with van der Waals surface area (Å²) < 4.78 is 0. The Kier molecular flexibility index (Phi) is 4.51. The Bertz CT molecular complexity index is 624. The first-order chi connectivity index (χ1) is 12.7. The Morgan fingerprint density at radius 2 is 1.70 bits per heavy atom. The van der Waals surface area contributed by atoms with Gasteiger partial charge in [-0.3, -0.25) is 14.5 Å². The van der Waals surface area contributed by atoms with Gasteiger partial charge in [0.05, 0.1) is 0 Å². The van der Waals surface area contributed by atoms with Crippen molar-refractivity contribution in [1.82, 2.24) is 15.5 Å². The summed E-state index contributed by atoms with van der Waals surface area (Å²) in [6, 6.07) is -0.438. The molecule has 0 aromatic carbocycles. The fourth-order valence-electron chi connectivity index (χ4n) is 6.38. The summed E-state index contributed by atoms with van der Waals surface area (Å²) in [5.41, 5.74) is -0.978. The van der Waals surface area contributed by atoms with Crippen LogP contribution in [0.3, 0.4) is 0 Å². The lowest BCUT2D eigenvalue weighted by atomic mass is 9.53. The summed E-state index contributed by atoms with van der Waals surface area (Å²) in [7, 11) is 0. The number of rotatable bonds is 6. The van der Waals surface area contributed by atoms with Crippen LogP contribution in [-0.2, 0) is 9.59 Å². The summed E-state index contributed by atoms with van der Waals surface area (Å²) in [6.45, 7) is 5.80. The first kappa shape index (κ1) is 18.8. The molecule has 1 unspecified atom stereocenters. The molecule has 1 saturated heterocycles. The van der Waals surface area contributed by atoms with E-state index in [4.69, 9.17) is 0 Å². The molecule has 1 aliphatic heterocycles. The molecule has 0 aromatic rings. The monoisotopic (exact) mass is 375 g/mol. The van der Waals surface area contributed by atoms with Crippen LogP contribution in [0.2, 0.25) is 0 Å². The van der Waals surface area contributed by atoms with Crippen molar-refractivity contribution in [3.8, 4) is 0 Å². The zero-order valence-corrected chi connectivity index (χ0v) is 16.8. The van der Waals surface area contributed by atoms with E-state index >= 15 is 0 Å². The maximum Gasteiger partial charge on any atom is 0.325 e. The molecule has 0 radical (unpaired) electrons. The fourth-order valence-corrected chi connectivity index (χ4v) is 6.38. The maximum atomic E-state index is 12.8. The van der Waals surface area contributed by atoms with Gasteiger partial charge in [0.2, 0.25) is 5.91 Å². The van der Waals surface area contributed by atoms with E-state index in [1.807, 2.05) is 0 Å². The largest absolute Gasteiger partial charge is 0.349 e. The minimum absolute atomic E-state index is 0.0912. The van der Waals surface area contributed by atoms with E-state index < -0.39 is 11.6 Å². The summed E-state index contributed by atoms with van der Waals surface area (Å²) >= 11 is 0. The van der Waals surface area contributed by atoms with Gasteiger partial charge in [0.25, 0.3) is 5.91 Å². The highest BCUT2D eigenvalue weighted by Crippen LogP contribution is 2.55. The average molecular weight is 376 g/mol. The summed E-state index contributed by atoms with van der Waals surface area (Å²) in [5.74, 6) is 2.23. The molecule has 4 aliphatic carbocycles. The van der Waals surface area contributed by atoms with Crippen LogP contribution in [0.25, 0.3) is 0 Å². The fraction of sp³-hybridized carbons (Fsp3) is 0.857. The molecule has 5 fully saturated rings. The molecule has 1 atom stereocenters. The third-order valence-corrected chi connectivity index (χ3v) is 7.31. The molecule has 6 heteroatoms. The third kappa shape index (κ3) is 3.47. The average Bonchev–Trinajstić information content (AvgIpc) is 2.75. The van der Waals surface area contributed by atoms with Crippen molar-refractivity contribution in [3.05, 3.63) is 0 Å². The van der Waals surface area contributed by atoms with Crippen molar-refractivity contribution in [2.24, 2.45) is 23.7 Å². The van der Waals surface area contributed by atoms with Crippen LogP contribution >= 0.6 is 0 Å². The summed E-state index contributed by atoms with van der Waals surface area (Å²) in [6.07, 6.45) is 8.60. The molecular formula is C21H33N3O3. The van der Waals surface area contributed by atoms with E-state index in [9.17, 15) is 14.4 Å². The van der Waals surface area contributed by atoms with Crippen LogP contribution in [0.1, 0.15) is 72.1 Å². The zero-order chi connectivity index (χ0) is 19.4. The number of nitrogens with one attached hydrogen (secondary N) is 2. The van der Waals surface area contributed by atoms with E-state index in [1.54, 1.807) is 6.92 Å². The standard InChI is InChI=1S/C21H33N3O3/c1-13(2)4-5-20(3)18(26)24(19(27)23-20)12-17(25)22-21-9-14-6-15(10-21)8-16(7-14)11-21/h13-16H,4-12H2,1-3H3,(H,22,25)(H,23,27).